The Morgan fingerprint density at radius 3 is 2.72 bits per heavy atom. The molecule has 0 saturated heterocycles. The molecule has 0 unspecified atom stereocenters. The number of halogens is 2. The van der Waals surface area contributed by atoms with E-state index in [-0.39, 0.29) is 11.5 Å². The molecule has 0 spiro atoms. The van der Waals surface area contributed by atoms with Crippen LogP contribution in [-0.4, -0.2) is 25.1 Å². The molecular weight excluding hydrogens is 248 g/mol. The van der Waals surface area contributed by atoms with Gasteiger partial charge in [-0.25, -0.2) is 8.78 Å². The van der Waals surface area contributed by atoms with Crippen LogP contribution in [0.1, 0.15) is 5.56 Å². The van der Waals surface area contributed by atoms with Crippen molar-refractivity contribution in [1.82, 2.24) is 0 Å². The predicted molar refractivity (Wildman–Crippen MR) is 60.5 cm³/mol. The van der Waals surface area contributed by atoms with Gasteiger partial charge in [0.2, 0.25) is 6.20 Å². The van der Waals surface area contributed by atoms with E-state index >= 15 is 0 Å². The van der Waals surface area contributed by atoms with Crippen LogP contribution in [0.3, 0.4) is 0 Å². The van der Waals surface area contributed by atoms with Crippen LogP contribution in [0.5, 0.6) is 11.5 Å². The lowest BCUT2D eigenvalue weighted by Gasteiger charge is -2.10. The summed E-state index contributed by atoms with van der Waals surface area (Å²) < 4.78 is 33.9. The van der Waals surface area contributed by atoms with E-state index in [0.29, 0.717) is 5.56 Å². The standard InChI is InChI=1S/C11H11F2NO4/c1-17-9-3-2-8(4-5-14(15)16)6-10(9)18-7-11(12)13/h2-6,11H,7H2,1H3. The average Bonchev–Trinajstić information content (AvgIpc) is 2.33. The highest BCUT2D eigenvalue weighted by Crippen LogP contribution is 2.28. The van der Waals surface area contributed by atoms with E-state index in [0.717, 1.165) is 6.20 Å². The Morgan fingerprint density at radius 1 is 1.44 bits per heavy atom. The lowest BCUT2D eigenvalue weighted by atomic mass is 10.2. The quantitative estimate of drug-likeness (QED) is 0.582. The van der Waals surface area contributed by atoms with Gasteiger partial charge in [-0.3, -0.25) is 10.1 Å². The van der Waals surface area contributed by atoms with Crippen molar-refractivity contribution in [3.63, 3.8) is 0 Å². The predicted octanol–water partition coefficient (Wildman–Crippen LogP) is 2.59. The number of benzene rings is 1. The molecule has 0 aliphatic rings. The molecule has 0 aliphatic heterocycles. The Bertz CT molecular complexity index is 449. The normalized spacial score (nSPS) is 10.9. The first kappa shape index (κ1) is 13.9. The molecule has 1 rings (SSSR count). The second-order valence-corrected chi connectivity index (χ2v) is 3.21. The highest BCUT2D eigenvalue weighted by Gasteiger charge is 2.09. The Kier molecular flexibility index (Phi) is 5.04. The van der Waals surface area contributed by atoms with Gasteiger partial charge in [-0.1, -0.05) is 6.07 Å². The maximum atomic E-state index is 12.0. The van der Waals surface area contributed by atoms with Gasteiger partial charge in [-0.05, 0) is 17.7 Å². The SMILES string of the molecule is COc1ccc(C=C[N+](=O)[O-])cc1OCC(F)F. The topological polar surface area (TPSA) is 61.6 Å². The molecule has 1 aromatic rings. The van der Waals surface area contributed by atoms with Gasteiger partial charge in [0, 0.05) is 6.08 Å². The third-order valence-electron chi connectivity index (χ3n) is 1.94. The van der Waals surface area contributed by atoms with E-state index in [4.69, 9.17) is 9.47 Å². The average molecular weight is 259 g/mol. The van der Waals surface area contributed by atoms with Gasteiger partial charge in [-0.15, -0.1) is 0 Å². The van der Waals surface area contributed by atoms with Crippen LogP contribution in [0, 0.1) is 10.1 Å². The van der Waals surface area contributed by atoms with Crippen LogP contribution in [0.25, 0.3) is 6.08 Å². The number of nitro groups is 1. The third kappa shape index (κ3) is 4.36. The number of methoxy groups -OCH3 is 1. The summed E-state index contributed by atoms with van der Waals surface area (Å²) in [7, 11) is 1.37. The van der Waals surface area contributed by atoms with E-state index in [1.54, 1.807) is 6.07 Å². The third-order valence-corrected chi connectivity index (χ3v) is 1.94. The molecule has 0 saturated carbocycles. The lowest BCUT2D eigenvalue weighted by molar-refractivity contribution is -0.400. The molecule has 0 fully saturated rings. The van der Waals surface area contributed by atoms with E-state index in [2.05, 4.69) is 0 Å². The number of hydrogen-bond acceptors (Lipinski definition) is 4. The van der Waals surface area contributed by atoms with E-state index in [1.165, 1.54) is 25.3 Å². The first-order valence-electron chi connectivity index (χ1n) is 4.93. The van der Waals surface area contributed by atoms with Crippen LogP contribution < -0.4 is 9.47 Å². The molecule has 7 heteroatoms. The van der Waals surface area contributed by atoms with E-state index in [1.807, 2.05) is 0 Å². The number of alkyl halides is 2. The molecule has 0 N–H and O–H groups in total. The Morgan fingerprint density at radius 2 is 2.17 bits per heavy atom. The summed E-state index contributed by atoms with van der Waals surface area (Å²) in [6, 6.07) is 4.43. The maximum Gasteiger partial charge on any atom is 0.272 e. The fraction of sp³-hybridized carbons (Fsp3) is 0.273. The molecule has 0 heterocycles. The number of rotatable bonds is 6. The second kappa shape index (κ2) is 6.53. The Balaban J connectivity index is 2.90. The molecule has 18 heavy (non-hydrogen) atoms. The molecule has 0 aliphatic carbocycles. The zero-order valence-corrected chi connectivity index (χ0v) is 9.51. The van der Waals surface area contributed by atoms with E-state index in [9.17, 15) is 18.9 Å². The maximum absolute atomic E-state index is 12.0. The number of ether oxygens (including phenoxy) is 2. The van der Waals surface area contributed by atoms with Crippen LogP contribution in [0.15, 0.2) is 24.4 Å². The second-order valence-electron chi connectivity index (χ2n) is 3.21. The van der Waals surface area contributed by atoms with Crippen molar-refractivity contribution in [3.05, 3.63) is 40.1 Å². The minimum Gasteiger partial charge on any atom is -0.493 e. The summed E-state index contributed by atoms with van der Waals surface area (Å²) >= 11 is 0. The molecule has 0 radical (unpaired) electrons. The summed E-state index contributed by atoms with van der Waals surface area (Å²) in [6.45, 7) is -0.765. The molecule has 0 atom stereocenters. The van der Waals surface area contributed by atoms with Crippen molar-refractivity contribution in [2.24, 2.45) is 0 Å². The smallest absolute Gasteiger partial charge is 0.272 e. The Labute approximate surface area is 102 Å². The fourth-order valence-corrected chi connectivity index (χ4v) is 1.21. The van der Waals surface area contributed by atoms with Gasteiger partial charge >= 0.3 is 0 Å². The van der Waals surface area contributed by atoms with Crippen LogP contribution in [-0.2, 0) is 0 Å². The molecule has 98 valence electrons. The monoisotopic (exact) mass is 259 g/mol. The molecule has 1 aromatic carbocycles. The summed E-state index contributed by atoms with van der Waals surface area (Å²) in [5.74, 6) is 0.400. The van der Waals surface area contributed by atoms with Crippen molar-refractivity contribution in [2.45, 2.75) is 6.43 Å². The fourth-order valence-electron chi connectivity index (χ4n) is 1.21. The summed E-state index contributed by atoms with van der Waals surface area (Å²) in [5, 5.41) is 10.2. The zero-order valence-electron chi connectivity index (χ0n) is 9.51. The minimum absolute atomic E-state index is 0.114. The molecule has 0 bridgehead atoms. The van der Waals surface area contributed by atoms with Gasteiger partial charge < -0.3 is 9.47 Å². The Hall–Kier alpha value is -2.18. The highest BCUT2D eigenvalue weighted by atomic mass is 19.3. The molecule has 0 aromatic heterocycles. The van der Waals surface area contributed by atoms with Crippen molar-refractivity contribution in [3.8, 4) is 11.5 Å². The van der Waals surface area contributed by atoms with Crippen LogP contribution >= 0.6 is 0 Å². The van der Waals surface area contributed by atoms with Gasteiger partial charge in [0.05, 0.1) is 12.0 Å². The number of hydrogen-bond donors (Lipinski definition) is 0. The van der Waals surface area contributed by atoms with Gasteiger partial charge in [0.25, 0.3) is 6.43 Å². The van der Waals surface area contributed by atoms with Gasteiger partial charge in [-0.2, -0.15) is 0 Å². The summed E-state index contributed by atoms with van der Waals surface area (Å²) in [5.41, 5.74) is 0.455. The van der Waals surface area contributed by atoms with Crippen molar-refractivity contribution >= 4 is 6.08 Å². The van der Waals surface area contributed by atoms with Gasteiger partial charge in [0.1, 0.15) is 6.61 Å². The van der Waals surface area contributed by atoms with Gasteiger partial charge in [0.15, 0.2) is 11.5 Å². The number of nitrogens with zero attached hydrogens (tertiary/aromatic N) is 1. The highest BCUT2D eigenvalue weighted by molar-refractivity contribution is 5.55. The first-order valence-corrected chi connectivity index (χ1v) is 4.93. The summed E-state index contributed by atoms with van der Waals surface area (Å²) in [6.07, 6.45) is -0.624. The van der Waals surface area contributed by atoms with Crippen molar-refractivity contribution in [1.29, 1.82) is 0 Å². The van der Waals surface area contributed by atoms with Crippen molar-refractivity contribution in [2.75, 3.05) is 13.7 Å². The zero-order chi connectivity index (χ0) is 13.5. The summed E-state index contributed by atoms with van der Waals surface area (Å²) in [4.78, 5) is 9.54. The molecular formula is C11H11F2NO4. The minimum atomic E-state index is -2.60. The van der Waals surface area contributed by atoms with Crippen LogP contribution in [0.4, 0.5) is 8.78 Å². The lowest BCUT2D eigenvalue weighted by Crippen LogP contribution is -2.07. The molecule has 0 amide bonds. The van der Waals surface area contributed by atoms with E-state index < -0.39 is 18.0 Å². The van der Waals surface area contributed by atoms with Crippen molar-refractivity contribution < 1.29 is 23.2 Å². The van der Waals surface area contributed by atoms with Crippen LogP contribution in [0.2, 0.25) is 0 Å². The first-order chi connectivity index (χ1) is 8.52. The largest absolute Gasteiger partial charge is 0.493 e. The molecule has 5 nitrogen and oxygen atoms in total.